The van der Waals surface area contributed by atoms with Crippen LogP contribution in [0.4, 0.5) is 3.89 Å². The van der Waals surface area contributed by atoms with E-state index >= 15 is 0 Å². The lowest BCUT2D eigenvalue weighted by molar-refractivity contribution is 0.111. The van der Waals surface area contributed by atoms with Gasteiger partial charge in [-0.25, -0.2) is 0 Å². The highest BCUT2D eigenvalue weighted by molar-refractivity contribution is 7.86. The number of carbonyl (C=O) groups is 1. The Morgan fingerprint density at radius 1 is 0.938 bits per heavy atom. The second-order valence-electron chi connectivity index (χ2n) is 3.80. The van der Waals surface area contributed by atoms with Crippen LogP contribution < -0.4 is 0 Å². The normalized spacial score (nSPS) is 11.6. The van der Waals surface area contributed by atoms with E-state index in [1.54, 1.807) is 20.8 Å². The van der Waals surface area contributed by atoms with Gasteiger partial charge in [0.2, 0.25) is 0 Å². The summed E-state index contributed by atoms with van der Waals surface area (Å²) in [7, 11) is -4.87. The van der Waals surface area contributed by atoms with Crippen LogP contribution >= 0.6 is 0 Å². The molecular weight excluding hydrogens is 231 g/mol. The molecule has 0 unspecified atom stereocenters. The van der Waals surface area contributed by atoms with Crippen LogP contribution in [0.25, 0.3) is 0 Å². The molecule has 3 nitrogen and oxygen atoms in total. The minimum Gasteiger partial charge on any atom is -0.298 e. The first kappa shape index (κ1) is 12.8. The van der Waals surface area contributed by atoms with Gasteiger partial charge in [0.05, 0.1) is 0 Å². The molecule has 0 aliphatic rings. The fraction of sp³-hybridized carbons (Fsp3) is 0.364. The monoisotopic (exact) mass is 244 g/mol. The molecule has 1 aromatic rings. The van der Waals surface area contributed by atoms with Crippen molar-refractivity contribution in [3.05, 3.63) is 27.8 Å². The van der Waals surface area contributed by atoms with Crippen LogP contribution in [0.2, 0.25) is 0 Å². The minimum atomic E-state index is -4.87. The quantitative estimate of drug-likeness (QED) is 0.593. The Hall–Kier alpha value is -1.23. The van der Waals surface area contributed by atoms with Crippen LogP contribution in [-0.2, 0) is 10.2 Å². The third kappa shape index (κ3) is 1.87. The highest BCUT2D eigenvalue weighted by Gasteiger charge is 2.24. The van der Waals surface area contributed by atoms with Crippen LogP contribution in [0.5, 0.6) is 0 Å². The number of carbonyl (C=O) groups excluding carboxylic acids is 1. The lowest BCUT2D eigenvalue weighted by Crippen LogP contribution is -2.08. The van der Waals surface area contributed by atoms with Gasteiger partial charge in [-0.3, -0.25) is 4.79 Å². The van der Waals surface area contributed by atoms with Crippen molar-refractivity contribution in [3.8, 4) is 0 Å². The average Bonchev–Trinajstić information content (AvgIpc) is 2.18. The van der Waals surface area contributed by atoms with Gasteiger partial charge < -0.3 is 0 Å². The maximum Gasteiger partial charge on any atom is 0.333 e. The number of rotatable bonds is 2. The molecule has 0 saturated carbocycles. The third-order valence-electron chi connectivity index (χ3n) is 3.04. The molecule has 0 amide bonds. The Morgan fingerprint density at radius 2 is 1.38 bits per heavy atom. The fourth-order valence-electron chi connectivity index (χ4n) is 1.76. The summed E-state index contributed by atoms with van der Waals surface area (Å²) in [5.41, 5.74) is 2.23. The van der Waals surface area contributed by atoms with Crippen LogP contribution in [0.1, 0.15) is 32.6 Å². The van der Waals surface area contributed by atoms with Crippen molar-refractivity contribution in [1.29, 1.82) is 0 Å². The molecule has 0 heterocycles. The maximum absolute atomic E-state index is 13.1. The third-order valence-corrected chi connectivity index (χ3v) is 4.05. The molecule has 16 heavy (non-hydrogen) atoms. The van der Waals surface area contributed by atoms with E-state index in [0.29, 0.717) is 23.0 Å². The molecule has 0 spiro atoms. The molecule has 0 fully saturated rings. The fourth-order valence-corrected chi connectivity index (χ4v) is 2.75. The van der Waals surface area contributed by atoms with Gasteiger partial charge in [0.15, 0.2) is 6.29 Å². The zero-order valence-corrected chi connectivity index (χ0v) is 10.4. The standard InChI is InChI=1S/C11H13FO3S/c1-6-7(2)9(4)11(16(12,14)15)10(5-13)8(6)3/h5H,1-4H3. The summed E-state index contributed by atoms with van der Waals surface area (Å²) < 4.78 is 35.2. The van der Waals surface area contributed by atoms with Crippen LogP contribution in [-0.4, -0.2) is 14.7 Å². The topological polar surface area (TPSA) is 51.2 Å². The van der Waals surface area contributed by atoms with Crippen molar-refractivity contribution in [2.75, 3.05) is 0 Å². The van der Waals surface area contributed by atoms with E-state index in [-0.39, 0.29) is 5.56 Å². The molecule has 0 aliphatic heterocycles. The first-order valence-corrected chi connectivity index (χ1v) is 6.10. The Kier molecular flexibility index (Phi) is 3.19. The molecule has 0 aliphatic carbocycles. The zero-order valence-electron chi connectivity index (χ0n) is 9.59. The Morgan fingerprint density at radius 3 is 1.75 bits per heavy atom. The van der Waals surface area contributed by atoms with E-state index in [2.05, 4.69) is 0 Å². The minimum absolute atomic E-state index is 0.0805. The highest BCUT2D eigenvalue weighted by Crippen LogP contribution is 2.30. The van der Waals surface area contributed by atoms with Crippen LogP contribution in [0, 0.1) is 27.7 Å². The Bertz CT molecular complexity index is 559. The molecule has 1 aromatic carbocycles. The van der Waals surface area contributed by atoms with Gasteiger partial charge in [0, 0.05) is 5.56 Å². The molecule has 5 heteroatoms. The van der Waals surface area contributed by atoms with E-state index in [1.807, 2.05) is 0 Å². The van der Waals surface area contributed by atoms with Crippen molar-refractivity contribution < 1.29 is 17.1 Å². The van der Waals surface area contributed by atoms with Crippen molar-refractivity contribution in [2.24, 2.45) is 0 Å². The number of benzene rings is 1. The summed E-state index contributed by atoms with van der Waals surface area (Å²) in [6.45, 7) is 6.60. The van der Waals surface area contributed by atoms with E-state index in [9.17, 15) is 17.1 Å². The Balaban J connectivity index is 3.94. The van der Waals surface area contributed by atoms with Gasteiger partial charge in [0.25, 0.3) is 0 Å². The average molecular weight is 244 g/mol. The van der Waals surface area contributed by atoms with Crippen LogP contribution in [0.3, 0.4) is 0 Å². The second kappa shape index (κ2) is 3.97. The molecule has 0 radical (unpaired) electrons. The van der Waals surface area contributed by atoms with E-state index < -0.39 is 15.1 Å². The number of hydrogen-bond acceptors (Lipinski definition) is 3. The first-order valence-electron chi connectivity index (χ1n) is 4.72. The summed E-state index contributed by atoms with van der Waals surface area (Å²) in [4.78, 5) is 10.4. The Labute approximate surface area is 94.5 Å². The highest BCUT2D eigenvalue weighted by atomic mass is 32.3. The van der Waals surface area contributed by atoms with Crippen LogP contribution in [0.15, 0.2) is 4.90 Å². The predicted molar refractivity (Wildman–Crippen MR) is 59.1 cm³/mol. The molecule has 88 valence electrons. The van der Waals surface area contributed by atoms with E-state index in [4.69, 9.17) is 0 Å². The van der Waals surface area contributed by atoms with Gasteiger partial charge in [0.1, 0.15) is 4.90 Å². The van der Waals surface area contributed by atoms with Crippen molar-refractivity contribution in [2.45, 2.75) is 32.6 Å². The predicted octanol–water partition coefficient (Wildman–Crippen LogP) is 2.39. The summed E-state index contributed by atoms with van der Waals surface area (Å²) >= 11 is 0. The summed E-state index contributed by atoms with van der Waals surface area (Å²) in [6.07, 6.45) is 0.390. The van der Waals surface area contributed by atoms with Crippen molar-refractivity contribution in [1.82, 2.24) is 0 Å². The van der Waals surface area contributed by atoms with E-state index in [1.165, 1.54) is 6.92 Å². The number of halogens is 1. The zero-order chi connectivity index (χ0) is 12.7. The smallest absolute Gasteiger partial charge is 0.298 e. The van der Waals surface area contributed by atoms with Gasteiger partial charge >= 0.3 is 10.2 Å². The summed E-state index contributed by atoms with van der Waals surface area (Å²) in [5, 5.41) is 0. The van der Waals surface area contributed by atoms with Gasteiger partial charge in [-0.1, -0.05) is 0 Å². The SMILES string of the molecule is Cc1c(C)c(C)c(S(=O)(=O)F)c(C=O)c1C. The molecular formula is C11H13FO3S. The lowest BCUT2D eigenvalue weighted by atomic mass is 9.95. The summed E-state index contributed by atoms with van der Waals surface area (Å²) in [5.74, 6) is 0. The van der Waals surface area contributed by atoms with Gasteiger partial charge in [-0.15, -0.1) is 3.89 Å². The molecule has 0 aromatic heterocycles. The maximum atomic E-state index is 13.1. The summed E-state index contributed by atoms with van der Waals surface area (Å²) in [6, 6.07) is 0. The molecule has 0 N–H and O–H groups in total. The first-order chi connectivity index (χ1) is 7.21. The molecule has 1 rings (SSSR count). The second-order valence-corrected chi connectivity index (χ2v) is 5.08. The largest absolute Gasteiger partial charge is 0.333 e. The van der Waals surface area contributed by atoms with Gasteiger partial charge in [-0.05, 0) is 49.9 Å². The van der Waals surface area contributed by atoms with E-state index in [0.717, 1.165) is 5.56 Å². The molecule has 0 atom stereocenters. The number of hydrogen-bond donors (Lipinski definition) is 0. The van der Waals surface area contributed by atoms with Crippen molar-refractivity contribution in [3.63, 3.8) is 0 Å². The van der Waals surface area contributed by atoms with Gasteiger partial charge in [-0.2, -0.15) is 8.42 Å². The molecule has 0 bridgehead atoms. The molecule has 0 saturated heterocycles. The van der Waals surface area contributed by atoms with Crippen molar-refractivity contribution >= 4 is 16.5 Å². The number of aldehydes is 1. The lowest BCUT2D eigenvalue weighted by Gasteiger charge is -2.14.